The molecule has 20 heavy (non-hydrogen) atoms. The molecular weight excluding hydrogens is 250 g/mol. The first-order valence-corrected chi connectivity index (χ1v) is 6.46. The van der Waals surface area contributed by atoms with Gasteiger partial charge in [-0.2, -0.15) is 0 Å². The van der Waals surface area contributed by atoms with E-state index in [2.05, 4.69) is 0 Å². The summed E-state index contributed by atoms with van der Waals surface area (Å²) in [6.45, 7) is 1.96. The first-order valence-electron chi connectivity index (χ1n) is 6.46. The Hall–Kier alpha value is -2.55. The van der Waals surface area contributed by atoms with E-state index < -0.39 is 0 Å². The number of methoxy groups -OCH3 is 1. The lowest BCUT2D eigenvalue weighted by molar-refractivity contribution is 0.415. The molecule has 3 nitrogen and oxygen atoms in total. The van der Waals surface area contributed by atoms with Crippen molar-refractivity contribution in [2.24, 2.45) is 0 Å². The molecule has 3 heteroatoms. The summed E-state index contributed by atoms with van der Waals surface area (Å²) in [5, 5.41) is 1.09. The molecular formula is C17H15NO2. The lowest BCUT2D eigenvalue weighted by Gasteiger charge is -2.12. The number of ether oxygens (including phenoxy) is 1. The zero-order chi connectivity index (χ0) is 14.1. The van der Waals surface area contributed by atoms with Crippen molar-refractivity contribution in [2.45, 2.75) is 6.92 Å². The van der Waals surface area contributed by atoms with Gasteiger partial charge in [-0.25, -0.2) is 0 Å². The van der Waals surface area contributed by atoms with Crippen LogP contribution in [0.4, 0.5) is 0 Å². The third kappa shape index (κ3) is 1.97. The van der Waals surface area contributed by atoms with E-state index in [9.17, 15) is 4.79 Å². The van der Waals surface area contributed by atoms with Gasteiger partial charge >= 0.3 is 0 Å². The van der Waals surface area contributed by atoms with Gasteiger partial charge in [0, 0.05) is 17.1 Å². The molecule has 0 aliphatic carbocycles. The van der Waals surface area contributed by atoms with Crippen molar-refractivity contribution in [1.29, 1.82) is 0 Å². The molecule has 3 rings (SSSR count). The van der Waals surface area contributed by atoms with Gasteiger partial charge in [0.2, 0.25) is 0 Å². The van der Waals surface area contributed by atoms with Gasteiger partial charge in [0.1, 0.15) is 5.75 Å². The Morgan fingerprint density at radius 2 is 1.70 bits per heavy atom. The monoisotopic (exact) mass is 265 g/mol. The highest BCUT2D eigenvalue weighted by molar-refractivity contribution is 5.83. The van der Waals surface area contributed by atoms with Crippen LogP contribution in [0, 0.1) is 6.92 Å². The summed E-state index contributed by atoms with van der Waals surface area (Å²) >= 11 is 0. The molecule has 0 aliphatic rings. The summed E-state index contributed by atoms with van der Waals surface area (Å²) in [6.07, 6.45) is 0. The van der Waals surface area contributed by atoms with Crippen molar-refractivity contribution < 1.29 is 4.74 Å². The Kier molecular flexibility index (Phi) is 3.03. The second-order valence-corrected chi connectivity index (χ2v) is 4.72. The van der Waals surface area contributed by atoms with Gasteiger partial charge in [-0.3, -0.25) is 9.36 Å². The number of para-hydroxylation sites is 1. The summed E-state index contributed by atoms with van der Waals surface area (Å²) in [5.74, 6) is 0.776. The van der Waals surface area contributed by atoms with Crippen molar-refractivity contribution in [1.82, 2.24) is 4.57 Å². The van der Waals surface area contributed by atoms with Crippen LogP contribution < -0.4 is 10.3 Å². The molecule has 1 aromatic heterocycles. The van der Waals surface area contributed by atoms with Crippen LogP contribution in [-0.4, -0.2) is 11.7 Å². The highest BCUT2D eigenvalue weighted by Gasteiger charge is 2.07. The Morgan fingerprint density at radius 3 is 2.40 bits per heavy atom. The molecule has 100 valence electrons. The number of pyridine rings is 1. The van der Waals surface area contributed by atoms with Crippen LogP contribution in [0.15, 0.2) is 59.4 Å². The molecule has 0 bridgehead atoms. The topological polar surface area (TPSA) is 31.2 Å². The number of nitrogens with zero attached hydrogens (tertiary/aromatic N) is 1. The Labute approximate surface area is 117 Å². The summed E-state index contributed by atoms with van der Waals surface area (Å²) in [5.41, 5.74) is 2.73. The normalized spacial score (nSPS) is 10.7. The van der Waals surface area contributed by atoms with E-state index in [0.29, 0.717) is 0 Å². The van der Waals surface area contributed by atoms with Gasteiger partial charge < -0.3 is 4.74 Å². The van der Waals surface area contributed by atoms with E-state index in [-0.39, 0.29) is 5.56 Å². The first kappa shape index (κ1) is 12.5. The summed E-state index contributed by atoms with van der Waals surface area (Å²) in [4.78, 5) is 12.3. The van der Waals surface area contributed by atoms with E-state index in [1.807, 2.05) is 55.5 Å². The van der Waals surface area contributed by atoms with Crippen LogP contribution in [0.2, 0.25) is 0 Å². The largest absolute Gasteiger partial charge is 0.497 e. The van der Waals surface area contributed by atoms with Crippen molar-refractivity contribution in [3.8, 4) is 11.4 Å². The second kappa shape index (κ2) is 4.85. The number of fused-ring (bicyclic) bond motifs is 1. The standard InChI is InChI=1S/C17H15NO2/c1-12-11-17(19)18(16-6-4-3-5-15(12)16)13-7-9-14(20-2)10-8-13/h3-11H,1-2H3. The SMILES string of the molecule is COc1ccc(-n2c(=O)cc(C)c3ccccc32)cc1. The Bertz CT molecular complexity index is 817. The molecule has 1 heterocycles. The van der Waals surface area contributed by atoms with Crippen molar-refractivity contribution in [3.63, 3.8) is 0 Å². The molecule has 0 atom stereocenters. The number of hydrogen-bond acceptors (Lipinski definition) is 2. The lowest BCUT2D eigenvalue weighted by atomic mass is 10.1. The van der Waals surface area contributed by atoms with Gasteiger partial charge in [-0.05, 0) is 42.8 Å². The molecule has 0 unspecified atom stereocenters. The van der Waals surface area contributed by atoms with Crippen molar-refractivity contribution >= 4 is 10.9 Å². The quantitative estimate of drug-likeness (QED) is 0.712. The zero-order valence-electron chi connectivity index (χ0n) is 11.5. The molecule has 0 amide bonds. The minimum atomic E-state index is -0.0219. The van der Waals surface area contributed by atoms with Gasteiger partial charge in [0.15, 0.2) is 0 Å². The van der Waals surface area contributed by atoms with Crippen LogP contribution in [0.25, 0.3) is 16.6 Å². The fourth-order valence-electron chi connectivity index (χ4n) is 2.45. The molecule has 0 spiro atoms. The molecule has 0 radical (unpaired) electrons. The number of hydrogen-bond donors (Lipinski definition) is 0. The van der Waals surface area contributed by atoms with Gasteiger partial charge in [0.05, 0.1) is 12.6 Å². The van der Waals surface area contributed by atoms with Crippen molar-refractivity contribution in [3.05, 3.63) is 70.5 Å². The Morgan fingerprint density at radius 1 is 1.00 bits per heavy atom. The molecule has 3 aromatic rings. The summed E-state index contributed by atoms with van der Waals surface area (Å²) in [7, 11) is 1.63. The highest BCUT2D eigenvalue weighted by Crippen LogP contribution is 2.20. The minimum absolute atomic E-state index is 0.0219. The van der Waals surface area contributed by atoms with Gasteiger partial charge in [-0.15, -0.1) is 0 Å². The van der Waals surface area contributed by atoms with E-state index in [0.717, 1.165) is 27.9 Å². The van der Waals surface area contributed by atoms with Crippen LogP contribution in [0.5, 0.6) is 5.75 Å². The fourth-order valence-corrected chi connectivity index (χ4v) is 2.45. The van der Waals surface area contributed by atoms with E-state index in [1.54, 1.807) is 17.7 Å². The van der Waals surface area contributed by atoms with Crippen LogP contribution in [0.1, 0.15) is 5.56 Å². The molecule has 0 fully saturated rings. The highest BCUT2D eigenvalue weighted by atomic mass is 16.5. The van der Waals surface area contributed by atoms with E-state index >= 15 is 0 Å². The van der Waals surface area contributed by atoms with Crippen LogP contribution in [-0.2, 0) is 0 Å². The number of aryl methyl sites for hydroxylation is 1. The second-order valence-electron chi connectivity index (χ2n) is 4.72. The van der Waals surface area contributed by atoms with Crippen LogP contribution >= 0.6 is 0 Å². The smallest absolute Gasteiger partial charge is 0.255 e. The lowest BCUT2D eigenvalue weighted by Crippen LogP contribution is -2.18. The maximum atomic E-state index is 12.3. The van der Waals surface area contributed by atoms with E-state index in [1.165, 1.54) is 0 Å². The number of aromatic nitrogens is 1. The summed E-state index contributed by atoms with van der Waals surface area (Å²) in [6, 6.07) is 17.1. The molecule has 0 saturated carbocycles. The minimum Gasteiger partial charge on any atom is -0.497 e. The van der Waals surface area contributed by atoms with Crippen LogP contribution in [0.3, 0.4) is 0 Å². The Balaban J connectivity index is 2.32. The molecule has 0 aliphatic heterocycles. The number of benzene rings is 2. The third-order valence-corrected chi connectivity index (χ3v) is 3.46. The maximum absolute atomic E-state index is 12.3. The fraction of sp³-hybridized carbons (Fsp3) is 0.118. The van der Waals surface area contributed by atoms with Gasteiger partial charge in [0.25, 0.3) is 5.56 Å². The predicted molar refractivity (Wildman–Crippen MR) is 80.8 cm³/mol. The third-order valence-electron chi connectivity index (χ3n) is 3.46. The summed E-state index contributed by atoms with van der Waals surface area (Å²) < 4.78 is 6.88. The molecule has 0 N–H and O–H groups in total. The first-order chi connectivity index (χ1) is 9.70. The molecule has 0 saturated heterocycles. The average molecular weight is 265 g/mol. The maximum Gasteiger partial charge on any atom is 0.255 e. The van der Waals surface area contributed by atoms with Crippen molar-refractivity contribution in [2.75, 3.05) is 7.11 Å². The van der Waals surface area contributed by atoms with E-state index in [4.69, 9.17) is 4.74 Å². The van der Waals surface area contributed by atoms with Gasteiger partial charge in [-0.1, -0.05) is 18.2 Å². The number of rotatable bonds is 2. The molecule has 2 aromatic carbocycles. The average Bonchev–Trinajstić information content (AvgIpc) is 2.48. The zero-order valence-corrected chi connectivity index (χ0v) is 11.5. The predicted octanol–water partition coefficient (Wildman–Crippen LogP) is 3.31.